The van der Waals surface area contributed by atoms with Crippen molar-refractivity contribution in [3.05, 3.63) is 102 Å². The summed E-state index contributed by atoms with van der Waals surface area (Å²) in [6.07, 6.45) is 5.54. The van der Waals surface area contributed by atoms with Crippen LogP contribution in [0.4, 0.5) is 5.69 Å². The highest BCUT2D eigenvalue weighted by molar-refractivity contribution is 5.91. The Hall–Kier alpha value is -3.33. The molecule has 0 saturated heterocycles. The molecule has 148 valence electrons. The van der Waals surface area contributed by atoms with Gasteiger partial charge in [-0.05, 0) is 67.8 Å². The second kappa shape index (κ2) is 10.3. The average Bonchev–Trinajstić information content (AvgIpc) is 2.71. The van der Waals surface area contributed by atoms with Gasteiger partial charge >= 0.3 is 0 Å². The molecule has 3 aromatic carbocycles. The molecule has 0 N–H and O–H groups in total. The lowest BCUT2D eigenvalue weighted by Crippen LogP contribution is -2.05. The average molecular weight is 386 g/mol. The van der Waals surface area contributed by atoms with Crippen LogP contribution in [0.3, 0.4) is 0 Å². The molecule has 0 spiro atoms. The number of nitrogens with zero attached hydrogens (tertiary/aromatic N) is 1. The topological polar surface area (TPSA) is 30.8 Å². The van der Waals surface area contributed by atoms with Crippen molar-refractivity contribution in [2.24, 2.45) is 4.99 Å². The molecule has 0 aliphatic rings. The van der Waals surface area contributed by atoms with E-state index in [2.05, 4.69) is 24.0 Å². The van der Waals surface area contributed by atoms with Crippen LogP contribution < -0.4 is 9.47 Å². The van der Waals surface area contributed by atoms with E-state index in [4.69, 9.17) is 9.47 Å². The van der Waals surface area contributed by atoms with Gasteiger partial charge in [-0.2, -0.15) is 0 Å². The van der Waals surface area contributed by atoms with E-state index < -0.39 is 0 Å². The second-order valence-corrected chi connectivity index (χ2v) is 7.02. The zero-order valence-electron chi connectivity index (χ0n) is 17.3. The molecule has 0 fully saturated rings. The Morgan fingerprint density at radius 1 is 0.862 bits per heavy atom. The van der Waals surface area contributed by atoms with Gasteiger partial charge in [-0.15, -0.1) is 0 Å². The van der Waals surface area contributed by atoms with Gasteiger partial charge in [-0.25, -0.2) is 4.99 Å². The van der Waals surface area contributed by atoms with Crippen LogP contribution in [0.5, 0.6) is 11.5 Å². The minimum absolute atomic E-state index is 0.464. The van der Waals surface area contributed by atoms with Crippen molar-refractivity contribution in [1.82, 2.24) is 0 Å². The molecular formula is C26H27NO2. The van der Waals surface area contributed by atoms with Gasteiger partial charge in [0.25, 0.3) is 0 Å². The predicted molar refractivity (Wildman–Crippen MR) is 120 cm³/mol. The standard InChI is InChI=1S/C26H27NO2/c1-4-6-22-11-13-23(14-12-22)27-26(29-25-8-5-7-21(3)19-25)17-18-28-24-15-9-20(2)10-16-24/h5,7-19H,4,6H2,1-3H3. The largest absolute Gasteiger partial charge is 0.465 e. The van der Waals surface area contributed by atoms with E-state index in [1.165, 1.54) is 11.1 Å². The summed E-state index contributed by atoms with van der Waals surface area (Å²) in [6, 6.07) is 24.0. The van der Waals surface area contributed by atoms with E-state index in [0.717, 1.165) is 35.6 Å². The number of benzene rings is 3. The van der Waals surface area contributed by atoms with E-state index in [-0.39, 0.29) is 0 Å². The van der Waals surface area contributed by atoms with Crippen molar-refractivity contribution in [2.75, 3.05) is 0 Å². The van der Waals surface area contributed by atoms with Crippen molar-refractivity contribution < 1.29 is 9.47 Å². The molecule has 0 amide bonds. The van der Waals surface area contributed by atoms with Crippen LogP contribution in [-0.2, 0) is 6.42 Å². The van der Waals surface area contributed by atoms with Crippen molar-refractivity contribution in [3.8, 4) is 11.5 Å². The lowest BCUT2D eigenvalue weighted by atomic mass is 10.1. The first-order chi connectivity index (χ1) is 14.1. The summed E-state index contributed by atoms with van der Waals surface area (Å²) >= 11 is 0. The van der Waals surface area contributed by atoms with Crippen LogP contribution in [0, 0.1) is 13.8 Å². The number of aryl methyl sites for hydroxylation is 3. The zero-order chi connectivity index (χ0) is 20.5. The Bertz CT molecular complexity index is 970. The molecule has 29 heavy (non-hydrogen) atoms. The maximum absolute atomic E-state index is 6.02. The second-order valence-electron chi connectivity index (χ2n) is 7.02. The van der Waals surface area contributed by atoms with E-state index in [0.29, 0.717) is 5.90 Å². The van der Waals surface area contributed by atoms with Crippen LogP contribution in [0.1, 0.15) is 30.0 Å². The molecule has 0 aromatic heterocycles. The van der Waals surface area contributed by atoms with Crippen molar-refractivity contribution in [1.29, 1.82) is 0 Å². The fraction of sp³-hybridized carbons (Fsp3) is 0.192. The highest BCUT2D eigenvalue weighted by Gasteiger charge is 2.02. The number of hydrogen-bond acceptors (Lipinski definition) is 3. The van der Waals surface area contributed by atoms with Crippen LogP contribution in [0.2, 0.25) is 0 Å². The summed E-state index contributed by atoms with van der Waals surface area (Å²) in [7, 11) is 0. The van der Waals surface area contributed by atoms with Crippen LogP contribution in [0.25, 0.3) is 0 Å². The summed E-state index contributed by atoms with van der Waals surface area (Å²) in [5.41, 5.74) is 4.47. The normalized spacial score (nSPS) is 11.6. The molecule has 0 unspecified atom stereocenters. The summed E-state index contributed by atoms with van der Waals surface area (Å²) in [4.78, 5) is 4.66. The van der Waals surface area contributed by atoms with Crippen LogP contribution >= 0.6 is 0 Å². The van der Waals surface area contributed by atoms with Gasteiger partial charge < -0.3 is 9.47 Å². The molecule has 3 nitrogen and oxygen atoms in total. The first-order valence-corrected chi connectivity index (χ1v) is 9.94. The van der Waals surface area contributed by atoms with Crippen LogP contribution in [0.15, 0.2) is 90.1 Å². The number of hydrogen-bond donors (Lipinski definition) is 0. The Morgan fingerprint density at radius 2 is 1.62 bits per heavy atom. The molecule has 3 rings (SSSR count). The third kappa shape index (κ3) is 6.65. The van der Waals surface area contributed by atoms with Crippen molar-refractivity contribution >= 4 is 11.6 Å². The Morgan fingerprint density at radius 3 is 2.31 bits per heavy atom. The van der Waals surface area contributed by atoms with Crippen molar-refractivity contribution in [3.63, 3.8) is 0 Å². The lowest BCUT2D eigenvalue weighted by molar-refractivity contribution is 0.478. The maximum Gasteiger partial charge on any atom is 0.222 e. The van der Waals surface area contributed by atoms with Gasteiger partial charge in [0.15, 0.2) is 0 Å². The highest BCUT2D eigenvalue weighted by atomic mass is 16.5. The fourth-order valence-electron chi connectivity index (χ4n) is 2.83. The molecule has 0 bridgehead atoms. The van der Waals surface area contributed by atoms with Crippen molar-refractivity contribution in [2.45, 2.75) is 33.6 Å². The third-order valence-corrected chi connectivity index (χ3v) is 4.36. The van der Waals surface area contributed by atoms with Gasteiger partial charge in [0.05, 0.1) is 11.9 Å². The Kier molecular flexibility index (Phi) is 7.23. The van der Waals surface area contributed by atoms with E-state index >= 15 is 0 Å². The zero-order valence-corrected chi connectivity index (χ0v) is 17.3. The predicted octanol–water partition coefficient (Wildman–Crippen LogP) is 6.96. The quantitative estimate of drug-likeness (QED) is 0.250. The number of ether oxygens (including phenoxy) is 2. The monoisotopic (exact) mass is 385 g/mol. The summed E-state index contributed by atoms with van der Waals surface area (Å²) in [5, 5.41) is 0. The molecule has 0 heterocycles. The Labute approximate surface area is 173 Å². The first kappa shape index (κ1) is 20.4. The molecule has 3 aromatic rings. The number of aliphatic imine (C=N–C) groups is 1. The summed E-state index contributed by atoms with van der Waals surface area (Å²) < 4.78 is 11.7. The van der Waals surface area contributed by atoms with Crippen LogP contribution in [-0.4, -0.2) is 5.90 Å². The third-order valence-electron chi connectivity index (χ3n) is 4.36. The SMILES string of the molecule is CCCc1ccc(N=C(C=COc2ccc(C)cc2)Oc2cccc(C)c2)cc1. The summed E-state index contributed by atoms with van der Waals surface area (Å²) in [6.45, 7) is 6.26. The van der Waals surface area contributed by atoms with Gasteiger partial charge in [0.1, 0.15) is 11.5 Å². The summed E-state index contributed by atoms with van der Waals surface area (Å²) in [5.74, 6) is 1.97. The van der Waals surface area contributed by atoms with Gasteiger partial charge in [0, 0.05) is 6.08 Å². The van der Waals surface area contributed by atoms with E-state index in [1.54, 1.807) is 12.3 Å². The number of rotatable bonds is 7. The van der Waals surface area contributed by atoms with E-state index in [1.807, 2.05) is 74.5 Å². The molecule has 0 radical (unpaired) electrons. The van der Waals surface area contributed by atoms with Gasteiger partial charge in [0.2, 0.25) is 5.90 Å². The molecule has 0 aliphatic heterocycles. The van der Waals surface area contributed by atoms with Gasteiger partial charge in [-0.3, -0.25) is 0 Å². The first-order valence-electron chi connectivity index (χ1n) is 9.94. The fourth-order valence-corrected chi connectivity index (χ4v) is 2.83. The maximum atomic E-state index is 6.02. The highest BCUT2D eigenvalue weighted by Crippen LogP contribution is 2.18. The molecule has 0 aliphatic carbocycles. The molecule has 0 saturated carbocycles. The minimum Gasteiger partial charge on any atom is -0.465 e. The molecule has 3 heteroatoms. The van der Waals surface area contributed by atoms with E-state index in [9.17, 15) is 0 Å². The Balaban J connectivity index is 1.80. The molecule has 0 atom stereocenters. The minimum atomic E-state index is 0.464. The lowest BCUT2D eigenvalue weighted by Gasteiger charge is -2.07. The molecular weight excluding hydrogens is 358 g/mol. The van der Waals surface area contributed by atoms with Gasteiger partial charge in [-0.1, -0.05) is 55.3 Å². The smallest absolute Gasteiger partial charge is 0.222 e.